The molecule has 2 heterocycles. The Labute approximate surface area is 124 Å². The van der Waals surface area contributed by atoms with E-state index in [0.717, 1.165) is 4.88 Å². The predicted molar refractivity (Wildman–Crippen MR) is 81.5 cm³/mol. The van der Waals surface area contributed by atoms with Gasteiger partial charge in [-0.3, -0.25) is 9.59 Å². The summed E-state index contributed by atoms with van der Waals surface area (Å²) in [7, 11) is 0. The molecule has 0 saturated heterocycles. The second-order valence-electron chi connectivity index (χ2n) is 4.78. The van der Waals surface area contributed by atoms with Crippen LogP contribution in [0, 0.1) is 6.92 Å². The minimum Gasteiger partial charge on any atom is -0.465 e. The third-order valence-corrected chi connectivity index (χ3v) is 4.63. The summed E-state index contributed by atoms with van der Waals surface area (Å²) in [5, 5.41) is 1.02. The number of thiophene rings is 1. The number of rotatable bonds is 4. The van der Waals surface area contributed by atoms with Gasteiger partial charge in [0.05, 0.1) is 12.0 Å². The zero-order valence-corrected chi connectivity index (χ0v) is 13.4. The van der Waals surface area contributed by atoms with Crippen LogP contribution < -0.4 is 5.56 Å². The van der Waals surface area contributed by atoms with Gasteiger partial charge < -0.3 is 9.72 Å². The molecule has 0 aliphatic carbocycles. The summed E-state index contributed by atoms with van der Waals surface area (Å²) < 4.78 is 4.22. The fraction of sp³-hybridized carbons (Fsp3) is 0.462. The quantitative estimate of drug-likeness (QED) is 0.534. The van der Waals surface area contributed by atoms with Crippen LogP contribution in [0.5, 0.6) is 0 Å². The lowest BCUT2D eigenvalue weighted by molar-refractivity contribution is -0.145. The molecular weight excluding hydrogens is 296 g/mol. The average Bonchev–Trinajstić information content (AvgIpc) is 2.70. The molecule has 0 spiro atoms. The number of thioether (sulfide) groups is 1. The van der Waals surface area contributed by atoms with Gasteiger partial charge in [-0.05, 0) is 33.8 Å². The van der Waals surface area contributed by atoms with Crippen molar-refractivity contribution in [2.24, 2.45) is 0 Å². The number of nitrogens with one attached hydrogen (secondary N) is 1. The third kappa shape index (κ3) is 3.04. The van der Waals surface area contributed by atoms with E-state index in [0.29, 0.717) is 22.0 Å². The van der Waals surface area contributed by atoms with E-state index in [9.17, 15) is 9.59 Å². The summed E-state index contributed by atoms with van der Waals surface area (Å²) in [6.45, 7) is 7.52. The van der Waals surface area contributed by atoms with E-state index in [1.54, 1.807) is 20.8 Å². The summed E-state index contributed by atoms with van der Waals surface area (Å²) in [6, 6.07) is 1.82. The molecule has 0 unspecified atom stereocenters. The Morgan fingerprint density at radius 1 is 1.55 bits per heavy atom. The first-order valence-electron chi connectivity index (χ1n) is 6.20. The minimum absolute atomic E-state index is 0.179. The number of aromatic amines is 1. The Morgan fingerprint density at radius 3 is 2.90 bits per heavy atom. The van der Waals surface area contributed by atoms with Crippen LogP contribution in [0.4, 0.5) is 0 Å². The molecule has 1 N–H and O–H groups in total. The molecule has 5 nitrogen and oxygen atoms in total. The SMILES string of the molecule is CCOC(=O)C(C)(C)Sc1nc2sc(C)cc2c(=O)[nH]1. The van der Waals surface area contributed by atoms with Gasteiger partial charge >= 0.3 is 5.97 Å². The predicted octanol–water partition coefficient (Wildman–Crippen LogP) is 2.73. The molecule has 7 heteroatoms. The number of nitrogens with zero attached hydrogens (tertiary/aromatic N) is 1. The van der Waals surface area contributed by atoms with E-state index >= 15 is 0 Å². The Balaban J connectivity index is 2.34. The Hall–Kier alpha value is -1.34. The number of aryl methyl sites for hydroxylation is 1. The maximum Gasteiger partial charge on any atom is 0.322 e. The summed E-state index contributed by atoms with van der Waals surface area (Å²) in [4.78, 5) is 32.7. The van der Waals surface area contributed by atoms with Gasteiger partial charge in [-0.2, -0.15) is 0 Å². The molecule has 0 fully saturated rings. The smallest absolute Gasteiger partial charge is 0.322 e. The highest BCUT2D eigenvalue weighted by molar-refractivity contribution is 8.01. The van der Waals surface area contributed by atoms with Crippen LogP contribution in [0.25, 0.3) is 10.2 Å². The number of hydrogen-bond donors (Lipinski definition) is 1. The van der Waals surface area contributed by atoms with Crippen molar-refractivity contribution in [2.45, 2.75) is 37.6 Å². The molecule has 0 aliphatic heterocycles. The van der Waals surface area contributed by atoms with Gasteiger partial charge in [0.15, 0.2) is 5.16 Å². The number of ether oxygens (including phenoxy) is 1. The van der Waals surface area contributed by atoms with E-state index in [4.69, 9.17) is 4.74 Å². The van der Waals surface area contributed by atoms with Crippen molar-refractivity contribution < 1.29 is 9.53 Å². The molecular formula is C13H16N2O3S2. The maximum atomic E-state index is 12.0. The van der Waals surface area contributed by atoms with Gasteiger partial charge in [-0.15, -0.1) is 11.3 Å². The lowest BCUT2D eigenvalue weighted by Gasteiger charge is -2.20. The van der Waals surface area contributed by atoms with Gasteiger partial charge in [0.25, 0.3) is 5.56 Å². The Kier molecular flexibility index (Phi) is 4.19. The monoisotopic (exact) mass is 312 g/mol. The molecule has 0 amide bonds. The molecule has 2 aromatic rings. The van der Waals surface area contributed by atoms with Gasteiger partial charge in [-0.1, -0.05) is 11.8 Å². The number of carbonyl (C=O) groups excluding carboxylic acids is 1. The van der Waals surface area contributed by atoms with E-state index < -0.39 is 4.75 Å². The van der Waals surface area contributed by atoms with Crippen LogP contribution in [0.2, 0.25) is 0 Å². The van der Waals surface area contributed by atoms with Crippen molar-refractivity contribution >= 4 is 39.3 Å². The fourth-order valence-electron chi connectivity index (χ4n) is 1.67. The molecule has 0 atom stereocenters. The number of fused-ring (bicyclic) bond motifs is 1. The highest BCUT2D eigenvalue weighted by Gasteiger charge is 2.31. The molecule has 0 bridgehead atoms. The lowest BCUT2D eigenvalue weighted by Crippen LogP contribution is -2.30. The Morgan fingerprint density at radius 2 is 2.25 bits per heavy atom. The van der Waals surface area contributed by atoms with Crippen molar-refractivity contribution in [1.82, 2.24) is 9.97 Å². The number of H-pyrrole nitrogens is 1. The molecule has 0 aromatic carbocycles. The molecule has 0 radical (unpaired) electrons. The van der Waals surface area contributed by atoms with Gasteiger partial charge in [-0.25, -0.2) is 4.98 Å². The van der Waals surface area contributed by atoms with Gasteiger partial charge in [0, 0.05) is 4.88 Å². The number of esters is 1. The Bertz CT molecular complexity index is 703. The van der Waals surface area contributed by atoms with Gasteiger partial charge in [0.1, 0.15) is 9.58 Å². The lowest BCUT2D eigenvalue weighted by atomic mass is 10.2. The molecule has 2 rings (SSSR count). The van der Waals surface area contributed by atoms with Crippen molar-refractivity contribution in [3.8, 4) is 0 Å². The van der Waals surface area contributed by atoms with E-state index in [1.165, 1.54) is 23.1 Å². The first-order valence-corrected chi connectivity index (χ1v) is 7.83. The van der Waals surface area contributed by atoms with Crippen LogP contribution in [0.15, 0.2) is 16.0 Å². The topological polar surface area (TPSA) is 72.0 Å². The molecule has 0 aliphatic rings. The van der Waals surface area contributed by atoms with Crippen molar-refractivity contribution in [2.75, 3.05) is 6.61 Å². The second kappa shape index (κ2) is 5.57. The van der Waals surface area contributed by atoms with Crippen molar-refractivity contribution in [3.63, 3.8) is 0 Å². The van der Waals surface area contributed by atoms with E-state index in [2.05, 4.69) is 9.97 Å². The standard InChI is InChI=1S/C13H16N2O3S2/c1-5-18-11(17)13(3,4)20-12-14-9(16)8-6-7(2)19-10(8)15-12/h6H,5H2,1-4H3,(H,14,15,16). The van der Waals surface area contributed by atoms with Crippen LogP contribution in [0.1, 0.15) is 25.6 Å². The summed E-state index contributed by atoms with van der Waals surface area (Å²) in [5.41, 5.74) is -0.179. The summed E-state index contributed by atoms with van der Waals surface area (Å²) in [5.74, 6) is -0.324. The number of aromatic nitrogens is 2. The molecule has 0 saturated carbocycles. The van der Waals surface area contributed by atoms with Crippen molar-refractivity contribution in [3.05, 3.63) is 21.3 Å². The van der Waals surface area contributed by atoms with Crippen LogP contribution >= 0.6 is 23.1 Å². The normalized spacial score (nSPS) is 11.8. The van der Waals surface area contributed by atoms with Crippen LogP contribution in [-0.2, 0) is 9.53 Å². The van der Waals surface area contributed by atoms with E-state index in [-0.39, 0.29) is 11.5 Å². The minimum atomic E-state index is -0.800. The molecule has 2 aromatic heterocycles. The third-order valence-electron chi connectivity index (χ3n) is 2.62. The molecule has 20 heavy (non-hydrogen) atoms. The highest BCUT2D eigenvalue weighted by Crippen LogP contribution is 2.32. The number of carbonyl (C=O) groups is 1. The molecule has 108 valence electrons. The average molecular weight is 312 g/mol. The van der Waals surface area contributed by atoms with Crippen molar-refractivity contribution in [1.29, 1.82) is 0 Å². The zero-order valence-electron chi connectivity index (χ0n) is 11.8. The maximum absolute atomic E-state index is 12.0. The zero-order chi connectivity index (χ0) is 14.9. The number of hydrogen-bond acceptors (Lipinski definition) is 6. The van der Waals surface area contributed by atoms with Gasteiger partial charge in [0.2, 0.25) is 0 Å². The first kappa shape index (κ1) is 15.1. The summed E-state index contributed by atoms with van der Waals surface area (Å²) >= 11 is 2.66. The van der Waals surface area contributed by atoms with E-state index in [1.807, 2.05) is 13.0 Å². The largest absolute Gasteiger partial charge is 0.465 e. The summed E-state index contributed by atoms with van der Waals surface area (Å²) in [6.07, 6.45) is 0. The van der Waals surface area contributed by atoms with Crippen LogP contribution in [0.3, 0.4) is 0 Å². The second-order valence-corrected chi connectivity index (χ2v) is 7.63. The van der Waals surface area contributed by atoms with Crippen LogP contribution in [-0.4, -0.2) is 27.3 Å². The fourth-order valence-corrected chi connectivity index (χ4v) is 3.51. The highest BCUT2D eigenvalue weighted by atomic mass is 32.2. The first-order chi connectivity index (χ1) is 9.33.